The lowest BCUT2D eigenvalue weighted by Gasteiger charge is -2.50. The minimum absolute atomic E-state index is 0.113. The normalized spacial score (nSPS) is 22.4. The maximum Gasteiger partial charge on any atom is 0.263 e. The van der Waals surface area contributed by atoms with E-state index in [1.807, 2.05) is 20.2 Å². The minimum atomic E-state index is -3.71. The molecule has 168 valence electrons. The number of guanidine groups is 1. The Morgan fingerprint density at radius 3 is 2.59 bits per heavy atom. The van der Waals surface area contributed by atoms with Crippen LogP contribution in [0, 0.1) is 0 Å². The van der Waals surface area contributed by atoms with Crippen LogP contribution in [0.4, 0.5) is 5.69 Å². The van der Waals surface area contributed by atoms with Crippen molar-refractivity contribution in [2.45, 2.75) is 61.5 Å². The van der Waals surface area contributed by atoms with E-state index in [2.05, 4.69) is 14.7 Å². The van der Waals surface area contributed by atoms with Crippen molar-refractivity contribution in [1.29, 1.82) is 0 Å². The van der Waals surface area contributed by atoms with Crippen LogP contribution >= 0.6 is 0 Å². The second-order valence-corrected chi connectivity index (χ2v) is 11.5. The summed E-state index contributed by atoms with van der Waals surface area (Å²) in [5.74, 6) is 0.426. The number of anilines is 1. The molecule has 2 saturated carbocycles. The maximum absolute atomic E-state index is 13.6. The highest BCUT2D eigenvalue weighted by Gasteiger charge is 2.53. The van der Waals surface area contributed by atoms with E-state index in [0.717, 1.165) is 43.4 Å². The molecular weight excluding hydrogens is 428 g/mol. The summed E-state index contributed by atoms with van der Waals surface area (Å²) in [5.41, 5.74) is 1.57. The van der Waals surface area contributed by atoms with Gasteiger partial charge in [-0.3, -0.25) is 14.4 Å². The van der Waals surface area contributed by atoms with Crippen LogP contribution in [0.2, 0.25) is 0 Å². The molecule has 9 nitrogen and oxygen atoms in total. The molecule has 2 fully saturated rings. The van der Waals surface area contributed by atoms with Crippen molar-refractivity contribution in [2.24, 2.45) is 12.0 Å². The lowest BCUT2D eigenvalue weighted by Crippen LogP contribution is -2.61. The zero-order chi connectivity index (χ0) is 22.3. The summed E-state index contributed by atoms with van der Waals surface area (Å²) in [6, 6.07) is 4.92. The summed E-state index contributed by atoms with van der Waals surface area (Å²) in [6.45, 7) is 2.89. The van der Waals surface area contributed by atoms with E-state index < -0.39 is 10.0 Å². The van der Waals surface area contributed by atoms with E-state index in [1.54, 1.807) is 27.9 Å². The molecule has 0 atom stereocenters. The van der Waals surface area contributed by atoms with Gasteiger partial charge in [0.2, 0.25) is 16.0 Å². The number of benzene rings is 1. The van der Waals surface area contributed by atoms with Gasteiger partial charge < -0.3 is 4.90 Å². The first-order valence-corrected chi connectivity index (χ1v) is 12.5. The fourth-order valence-corrected chi connectivity index (χ4v) is 6.43. The number of hydrogen-bond acceptors (Lipinski definition) is 6. The van der Waals surface area contributed by atoms with Crippen LogP contribution in [0.3, 0.4) is 0 Å². The van der Waals surface area contributed by atoms with Crippen LogP contribution < -0.4 is 9.62 Å². The first-order chi connectivity index (χ1) is 15.2. The van der Waals surface area contributed by atoms with Gasteiger partial charge in [-0.2, -0.15) is 5.10 Å². The molecule has 32 heavy (non-hydrogen) atoms. The SMILES string of the molecule is Cn1cc(CN2C(=O)c3cc(S(=O)(=O)NC4(C)CC4)ccc3N3C2=NCC32CCC2)cn1. The predicted octanol–water partition coefficient (Wildman–Crippen LogP) is 2.01. The second-order valence-electron chi connectivity index (χ2n) is 9.79. The number of aromatic nitrogens is 2. The Kier molecular flexibility index (Phi) is 3.99. The number of nitrogens with zero attached hydrogens (tertiary/aromatic N) is 5. The van der Waals surface area contributed by atoms with Gasteiger partial charge in [-0.25, -0.2) is 18.1 Å². The molecular formula is C22H26N6O3S. The molecule has 2 aliphatic heterocycles. The number of hydrogen-bond donors (Lipinski definition) is 1. The third kappa shape index (κ3) is 2.92. The van der Waals surface area contributed by atoms with Gasteiger partial charge in [0.25, 0.3) is 5.91 Å². The van der Waals surface area contributed by atoms with Crippen molar-refractivity contribution in [1.82, 2.24) is 19.4 Å². The number of carbonyl (C=O) groups is 1. The molecule has 4 aliphatic rings. The van der Waals surface area contributed by atoms with Crippen molar-refractivity contribution >= 4 is 27.6 Å². The highest BCUT2D eigenvalue weighted by Crippen LogP contribution is 2.48. The van der Waals surface area contributed by atoms with Crippen LogP contribution in [-0.4, -0.2) is 52.6 Å². The van der Waals surface area contributed by atoms with Crippen molar-refractivity contribution in [3.63, 3.8) is 0 Å². The molecule has 3 heterocycles. The summed E-state index contributed by atoms with van der Waals surface area (Å²) in [5, 5.41) is 4.22. The number of rotatable bonds is 5. The zero-order valence-electron chi connectivity index (χ0n) is 18.2. The van der Waals surface area contributed by atoms with Crippen molar-refractivity contribution in [3.05, 3.63) is 41.7 Å². The van der Waals surface area contributed by atoms with Crippen LogP contribution in [0.15, 0.2) is 40.5 Å². The van der Waals surface area contributed by atoms with E-state index in [4.69, 9.17) is 4.99 Å². The summed E-state index contributed by atoms with van der Waals surface area (Å²) in [4.78, 5) is 22.4. The Bertz CT molecular complexity index is 1270. The van der Waals surface area contributed by atoms with Gasteiger partial charge in [-0.05, 0) is 57.2 Å². The van der Waals surface area contributed by atoms with Crippen molar-refractivity contribution < 1.29 is 13.2 Å². The molecule has 1 aromatic heterocycles. The van der Waals surface area contributed by atoms with Crippen LogP contribution in [-0.2, 0) is 23.6 Å². The van der Waals surface area contributed by atoms with E-state index >= 15 is 0 Å². The second kappa shape index (κ2) is 6.41. The predicted molar refractivity (Wildman–Crippen MR) is 119 cm³/mol. The molecule has 2 aromatic rings. The first kappa shape index (κ1) is 19.9. The number of amides is 1. The van der Waals surface area contributed by atoms with Gasteiger partial charge in [0, 0.05) is 24.3 Å². The summed E-state index contributed by atoms with van der Waals surface area (Å²) in [6.07, 6.45) is 8.41. The average molecular weight is 455 g/mol. The average Bonchev–Trinajstić information content (AvgIpc) is 3.12. The lowest BCUT2D eigenvalue weighted by molar-refractivity contribution is 0.0829. The summed E-state index contributed by atoms with van der Waals surface area (Å²) < 4.78 is 30.5. The monoisotopic (exact) mass is 454 g/mol. The van der Waals surface area contributed by atoms with Gasteiger partial charge in [0.15, 0.2) is 0 Å². The molecule has 10 heteroatoms. The maximum atomic E-state index is 13.6. The van der Waals surface area contributed by atoms with Crippen LogP contribution in [0.1, 0.15) is 54.9 Å². The van der Waals surface area contributed by atoms with Gasteiger partial charge in [0.1, 0.15) is 0 Å². The summed E-state index contributed by atoms with van der Waals surface area (Å²) >= 11 is 0. The fourth-order valence-electron chi connectivity index (χ4n) is 4.94. The van der Waals surface area contributed by atoms with Crippen LogP contribution in [0.5, 0.6) is 0 Å². The summed E-state index contributed by atoms with van der Waals surface area (Å²) in [7, 11) is -1.87. The van der Waals surface area contributed by atoms with Crippen LogP contribution in [0.25, 0.3) is 0 Å². The third-order valence-corrected chi connectivity index (χ3v) is 8.83. The number of nitrogens with one attached hydrogen (secondary N) is 1. The Hall–Kier alpha value is -2.72. The highest BCUT2D eigenvalue weighted by atomic mass is 32.2. The molecule has 1 N–H and O–H groups in total. The standard InChI is InChI=1S/C22H26N6O3S/c1-21(8-9-21)25-32(30,31)16-4-5-18-17(10-16)19(29)27(13-15-11-24-26(2)12-15)20-23-14-22(28(18)20)6-3-7-22/h4-5,10-12,25H,3,6-9,13-14H2,1-2H3. The molecule has 0 radical (unpaired) electrons. The number of fused-ring (bicyclic) bond motifs is 4. The largest absolute Gasteiger partial charge is 0.303 e. The number of aliphatic imine (C=N–C) groups is 1. The molecule has 2 aliphatic carbocycles. The minimum Gasteiger partial charge on any atom is -0.303 e. The highest BCUT2D eigenvalue weighted by molar-refractivity contribution is 7.89. The van der Waals surface area contributed by atoms with E-state index in [1.165, 1.54) is 6.07 Å². The topological polar surface area (TPSA) is 99.9 Å². The van der Waals surface area contributed by atoms with Crippen molar-refractivity contribution in [2.75, 3.05) is 11.4 Å². The molecule has 1 amide bonds. The molecule has 0 bridgehead atoms. The Labute approximate surface area is 187 Å². The molecule has 0 unspecified atom stereocenters. The lowest BCUT2D eigenvalue weighted by atomic mass is 9.75. The van der Waals surface area contributed by atoms with E-state index in [9.17, 15) is 13.2 Å². The van der Waals surface area contributed by atoms with Gasteiger partial charge >= 0.3 is 0 Å². The molecule has 1 spiro atoms. The molecule has 1 aromatic carbocycles. The van der Waals surface area contributed by atoms with E-state index in [0.29, 0.717) is 24.6 Å². The number of carbonyl (C=O) groups excluding carboxylic acids is 1. The van der Waals surface area contributed by atoms with Gasteiger partial charge in [-0.15, -0.1) is 0 Å². The fraction of sp³-hybridized carbons (Fsp3) is 0.500. The van der Waals surface area contributed by atoms with Crippen molar-refractivity contribution in [3.8, 4) is 0 Å². The number of sulfonamides is 1. The van der Waals surface area contributed by atoms with E-state index in [-0.39, 0.29) is 21.9 Å². The molecule has 0 saturated heterocycles. The smallest absolute Gasteiger partial charge is 0.263 e. The quantitative estimate of drug-likeness (QED) is 0.745. The van der Waals surface area contributed by atoms with Gasteiger partial charge in [0.05, 0.1) is 41.0 Å². The zero-order valence-corrected chi connectivity index (χ0v) is 19.0. The van der Waals surface area contributed by atoms with Gasteiger partial charge in [-0.1, -0.05) is 0 Å². The third-order valence-electron chi connectivity index (χ3n) is 7.19. The number of aryl methyl sites for hydroxylation is 1. The Balaban J connectivity index is 1.43. The Morgan fingerprint density at radius 2 is 1.97 bits per heavy atom. The Morgan fingerprint density at radius 1 is 1.19 bits per heavy atom. The first-order valence-electron chi connectivity index (χ1n) is 11.0. The molecule has 6 rings (SSSR count).